The molecular formula is C40H25NOS. The molecule has 0 radical (unpaired) electrons. The molecule has 7 aromatic carbocycles. The van der Waals surface area contributed by atoms with Crippen molar-refractivity contribution in [2.45, 2.75) is 0 Å². The summed E-state index contributed by atoms with van der Waals surface area (Å²) in [4.78, 5) is 2.30. The van der Waals surface area contributed by atoms with Crippen LogP contribution in [0.5, 0.6) is 0 Å². The Balaban J connectivity index is 1.28. The minimum absolute atomic E-state index is 0.923. The van der Waals surface area contributed by atoms with Gasteiger partial charge in [0.05, 0.1) is 0 Å². The third kappa shape index (κ3) is 3.86. The number of thiophene rings is 1. The molecule has 0 saturated heterocycles. The van der Waals surface area contributed by atoms with Crippen LogP contribution >= 0.6 is 11.3 Å². The standard InChI is InChI=1S/C40H25NOS/c1-3-9-29(10-4-1)41(30-11-5-2-6-12-30)31-17-15-26(16-18-31)35-24-28-25-38-27(21-22-43-38)23-36(28)39-33(35)19-20-34-32-13-7-8-14-37(32)42-40(34)39/h1-25H. The van der Waals surface area contributed by atoms with E-state index in [1.54, 1.807) is 11.3 Å². The van der Waals surface area contributed by atoms with Crippen LogP contribution in [0.1, 0.15) is 0 Å². The minimum Gasteiger partial charge on any atom is -0.455 e. The monoisotopic (exact) mass is 567 g/mol. The van der Waals surface area contributed by atoms with Crippen molar-refractivity contribution in [3.63, 3.8) is 0 Å². The van der Waals surface area contributed by atoms with E-state index >= 15 is 0 Å². The van der Waals surface area contributed by atoms with Gasteiger partial charge in [0.1, 0.15) is 11.2 Å². The normalized spacial score (nSPS) is 11.7. The van der Waals surface area contributed by atoms with Gasteiger partial charge in [0.2, 0.25) is 0 Å². The van der Waals surface area contributed by atoms with Crippen LogP contribution in [0.15, 0.2) is 155 Å². The number of hydrogen-bond acceptors (Lipinski definition) is 3. The molecule has 0 fully saturated rings. The number of benzene rings is 7. The summed E-state index contributed by atoms with van der Waals surface area (Å²) in [5.74, 6) is 0. The molecule has 0 aliphatic carbocycles. The van der Waals surface area contributed by atoms with E-state index < -0.39 is 0 Å². The fraction of sp³-hybridized carbons (Fsp3) is 0. The molecule has 0 atom stereocenters. The second-order valence-corrected chi connectivity index (χ2v) is 11.9. The predicted octanol–water partition coefficient (Wildman–Crippen LogP) is 12.2. The average Bonchev–Trinajstić information content (AvgIpc) is 3.69. The van der Waals surface area contributed by atoms with Crippen molar-refractivity contribution in [2.75, 3.05) is 4.90 Å². The SMILES string of the molecule is c1ccc(N(c2ccccc2)c2ccc(-c3cc4cc5sccc5cc4c4c3ccc3c5ccccc5oc34)cc2)cc1. The molecule has 0 bridgehead atoms. The summed E-state index contributed by atoms with van der Waals surface area (Å²) < 4.78 is 7.90. The van der Waals surface area contributed by atoms with Crippen LogP contribution in [0.4, 0.5) is 17.1 Å². The minimum atomic E-state index is 0.923. The molecule has 2 heterocycles. The molecule has 43 heavy (non-hydrogen) atoms. The third-order valence-electron chi connectivity index (χ3n) is 8.50. The van der Waals surface area contributed by atoms with E-state index in [1.165, 1.54) is 42.8 Å². The molecule has 0 aliphatic heterocycles. The lowest BCUT2D eigenvalue weighted by atomic mass is 9.91. The first-order valence-electron chi connectivity index (χ1n) is 14.5. The summed E-state index contributed by atoms with van der Waals surface area (Å²) in [7, 11) is 0. The van der Waals surface area contributed by atoms with Gasteiger partial charge in [0.15, 0.2) is 0 Å². The van der Waals surface area contributed by atoms with Gasteiger partial charge < -0.3 is 9.32 Å². The van der Waals surface area contributed by atoms with Gasteiger partial charge in [-0.25, -0.2) is 0 Å². The lowest BCUT2D eigenvalue weighted by Crippen LogP contribution is -2.09. The number of rotatable bonds is 4. The summed E-state index contributed by atoms with van der Waals surface area (Å²) in [6, 6.07) is 52.1. The van der Waals surface area contributed by atoms with Gasteiger partial charge in [-0.2, -0.15) is 0 Å². The van der Waals surface area contributed by atoms with Crippen molar-refractivity contribution in [2.24, 2.45) is 0 Å². The largest absolute Gasteiger partial charge is 0.455 e. The van der Waals surface area contributed by atoms with Crippen LogP contribution in [0, 0.1) is 0 Å². The summed E-state index contributed by atoms with van der Waals surface area (Å²) in [5, 5.41) is 10.6. The Morgan fingerprint density at radius 3 is 1.93 bits per heavy atom. The van der Waals surface area contributed by atoms with Crippen molar-refractivity contribution in [1.29, 1.82) is 0 Å². The first kappa shape index (κ1) is 24.2. The first-order valence-corrected chi connectivity index (χ1v) is 15.4. The van der Waals surface area contributed by atoms with Gasteiger partial charge in [0.25, 0.3) is 0 Å². The van der Waals surface area contributed by atoms with E-state index in [2.05, 4.69) is 150 Å². The molecular weight excluding hydrogens is 543 g/mol. The molecule has 9 aromatic rings. The van der Waals surface area contributed by atoms with Crippen molar-refractivity contribution in [1.82, 2.24) is 0 Å². The van der Waals surface area contributed by atoms with E-state index in [4.69, 9.17) is 4.42 Å². The summed E-state index contributed by atoms with van der Waals surface area (Å²) >= 11 is 1.79. The lowest BCUT2D eigenvalue weighted by Gasteiger charge is -2.25. The number of anilines is 3. The number of furan rings is 1. The van der Waals surface area contributed by atoms with Crippen LogP contribution in [0.3, 0.4) is 0 Å². The fourth-order valence-electron chi connectivity index (χ4n) is 6.51. The molecule has 0 aliphatic rings. The summed E-state index contributed by atoms with van der Waals surface area (Å²) in [6.07, 6.45) is 0. The highest BCUT2D eigenvalue weighted by Crippen LogP contribution is 2.44. The van der Waals surface area contributed by atoms with Gasteiger partial charge in [-0.15, -0.1) is 11.3 Å². The van der Waals surface area contributed by atoms with Gasteiger partial charge in [-0.3, -0.25) is 0 Å². The van der Waals surface area contributed by atoms with Gasteiger partial charge in [-0.1, -0.05) is 72.8 Å². The maximum atomic E-state index is 6.60. The van der Waals surface area contributed by atoms with Crippen molar-refractivity contribution in [3.8, 4) is 11.1 Å². The van der Waals surface area contributed by atoms with Gasteiger partial charge in [0, 0.05) is 37.9 Å². The molecule has 0 saturated carbocycles. The summed E-state index contributed by atoms with van der Waals surface area (Å²) in [6.45, 7) is 0. The molecule has 9 rings (SSSR count). The Morgan fingerprint density at radius 2 is 1.16 bits per heavy atom. The number of para-hydroxylation sites is 3. The number of nitrogens with zero attached hydrogens (tertiary/aromatic N) is 1. The maximum Gasteiger partial charge on any atom is 0.143 e. The molecule has 0 N–H and O–H groups in total. The average molecular weight is 568 g/mol. The molecule has 2 aromatic heterocycles. The smallest absolute Gasteiger partial charge is 0.143 e. The third-order valence-corrected chi connectivity index (χ3v) is 9.38. The Kier molecular flexibility index (Phi) is 5.40. The van der Waals surface area contributed by atoms with Crippen LogP contribution in [0.25, 0.3) is 64.7 Å². The van der Waals surface area contributed by atoms with Crippen LogP contribution < -0.4 is 4.90 Å². The lowest BCUT2D eigenvalue weighted by molar-refractivity contribution is 0.673. The zero-order chi connectivity index (χ0) is 28.3. The van der Waals surface area contributed by atoms with E-state index in [9.17, 15) is 0 Å². The molecule has 0 amide bonds. The molecule has 202 valence electrons. The molecule has 2 nitrogen and oxygen atoms in total. The second kappa shape index (κ2) is 9.59. The zero-order valence-corrected chi connectivity index (χ0v) is 24.0. The highest BCUT2D eigenvalue weighted by Gasteiger charge is 2.18. The van der Waals surface area contributed by atoms with Crippen molar-refractivity contribution >= 4 is 82.0 Å². The fourth-order valence-corrected chi connectivity index (χ4v) is 7.32. The van der Waals surface area contributed by atoms with Crippen LogP contribution in [0.2, 0.25) is 0 Å². The van der Waals surface area contributed by atoms with Crippen LogP contribution in [-0.2, 0) is 0 Å². The van der Waals surface area contributed by atoms with Crippen molar-refractivity contribution in [3.05, 3.63) is 151 Å². The van der Waals surface area contributed by atoms with Crippen LogP contribution in [-0.4, -0.2) is 0 Å². The zero-order valence-electron chi connectivity index (χ0n) is 23.2. The molecule has 0 unspecified atom stereocenters. The maximum absolute atomic E-state index is 6.60. The Labute approximate surface area is 252 Å². The Hall–Kier alpha value is -5.38. The Morgan fingerprint density at radius 1 is 0.488 bits per heavy atom. The van der Waals surface area contributed by atoms with Crippen molar-refractivity contribution < 1.29 is 4.42 Å². The number of hydrogen-bond donors (Lipinski definition) is 0. The van der Waals surface area contributed by atoms with E-state index in [0.717, 1.165) is 39.0 Å². The number of fused-ring (bicyclic) bond motifs is 8. The highest BCUT2D eigenvalue weighted by molar-refractivity contribution is 7.17. The summed E-state index contributed by atoms with van der Waals surface area (Å²) in [5.41, 5.74) is 7.64. The second-order valence-electron chi connectivity index (χ2n) is 11.0. The Bertz CT molecular complexity index is 2390. The topological polar surface area (TPSA) is 16.4 Å². The predicted molar refractivity (Wildman–Crippen MR) is 184 cm³/mol. The quantitative estimate of drug-likeness (QED) is 0.197. The van der Waals surface area contributed by atoms with Gasteiger partial charge in [-0.05, 0) is 111 Å². The molecule has 3 heteroatoms. The highest BCUT2D eigenvalue weighted by atomic mass is 32.1. The van der Waals surface area contributed by atoms with Gasteiger partial charge >= 0.3 is 0 Å². The molecule has 0 spiro atoms. The first-order chi connectivity index (χ1) is 21.3. The van der Waals surface area contributed by atoms with E-state index in [-0.39, 0.29) is 0 Å². The van der Waals surface area contributed by atoms with E-state index in [0.29, 0.717) is 0 Å². The van der Waals surface area contributed by atoms with E-state index in [1.807, 2.05) is 6.07 Å².